The van der Waals surface area contributed by atoms with Crippen molar-refractivity contribution in [2.45, 2.75) is 39.2 Å². The molecule has 0 aliphatic heterocycles. The summed E-state index contributed by atoms with van der Waals surface area (Å²) in [5.74, 6) is 1.65. The van der Waals surface area contributed by atoms with Crippen LogP contribution in [0.3, 0.4) is 0 Å². The van der Waals surface area contributed by atoms with E-state index in [9.17, 15) is 0 Å². The van der Waals surface area contributed by atoms with Crippen LogP contribution >= 0.6 is 0 Å². The zero-order valence-electron chi connectivity index (χ0n) is 9.18. The Morgan fingerprint density at radius 2 is 2.00 bits per heavy atom. The second kappa shape index (κ2) is 5.61. The third-order valence-electron chi connectivity index (χ3n) is 2.93. The topological polar surface area (TPSA) is 21.3 Å². The molecule has 0 saturated heterocycles. The van der Waals surface area contributed by atoms with E-state index in [2.05, 4.69) is 19.2 Å². The highest BCUT2D eigenvalue weighted by molar-refractivity contribution is 4.78. The molecule has 1 rings (SSSR count). The van der Waals surface area contributed by atoms with Gasteiger partial charge >= 0.3 is 0 Å². The minimum absolute atomic E-state index is 0.385. The van der Waals surface area contributed by atoms with E-state index in [0.717, 1.165) is 25.0 Å². The number of rotatable bonds is 5. The molecule has 1 saturated carbocycles. The monoisotopic (exact) mass is 185 g/mol. The summed E-state index contributed by atoms with van der Waals surface area (Å²) in [6.07, 6.45) is 4.51. The number of ether oxygens (including phenoxy) is 1. The van der Waals surface area contributed by atoms with Crippen molar-refractivity contribution in [3.8, 4) is 0 Å². The lowest BCUT2D eigenvalue weighted by Crippen LogP contribution is -2.25. The van der Waals surface area contributed by atoms with Gasteiger partial charge in [0, 0.05) is 0 Å². The molecule has 1 aliphatic carbocycles. The maximum Gasteiger partial charge on any atom is 0.0519 e. The third-order valence-corrected chi connectivity index (χ3v) is 2.93. The summed E-state index contributed by atoms with van der Waals surface area (Å²) in [7, 11) is 2.04. The molecule has 13 heavy (non-hydrogen) atoms. The summed E-state index contributed by atoms with van der Waals surface area (Å²) >= 11 is 0. The molecule has 2 nitrogen and oxygen atoms in total. The molecule has 0 amide bonds. The summed E-state index contributed by atoms with van der Waals surface area (Å²) in [4.78, 5) is 0. The van der Waals surface area contributed by atoms with E-state index in [4.69, 9.17) is 4.74 Å². The van der Waals surface area contributed by atoms with Crippen LogP contribution in [0, 0.1) is 11.8 Å². The first-order chi connectivity index (χ1) is 6.24. The van der Waals surface area contributed by atoms with Crippen LogP contribution in [-0.2, 0) is 4.74 Å². The Bertz CT molecular complexity index is 136. The Balaban J connectivity index is 2.22. The van der Waals surface area contributed by atoms with Crippen LogP contribution < -0.4 is 5.32 Å². The minimum Gasteiger partial charge on any atom is -0.378 e. The normalized spacial score (nSPS) is 28.6. The van der Waals surface area contributed by atoms with Crippen molar-refractivity contribution in [2.75, 3.05) is 20.2 Å². The van der Waals surface area contributed by atoms with Gasteiger partial charge in [0.15, 0.2) is 0 Å². The predicted molar refractivity (Wildman–Crippen MR) is 55.8 cm³/mol. The molecule has 0 radical (unpaired) electrons. The molecule has 0 aromatic heterocycles. The van der Waals surface area contributed by atoms with Gasteiger partial charge in [-0.05, 0) is 52.1 Å². The second-order valence-corrected chi connectivity index (χ2v) is 4.39. The highest BCUT2D eigenvalue weighted by atomic mass is 16.5. The zero-order valence-corrected chi connectivity index (χ0v) is 9.18. The summed E-state index contributed by atoms with van der Waals surface area (Å²) in [5.41, 5.74) is 0. The third kappa shape index (κ3) is 3.65. The van der Waals surface area contributed by atoms with Crippen molar-refractivity contribution < 1.29 is 4.74 Å². The smallest absolute Gasteiger partial charge is 0.0519 e. The average molecular weight is 185 g/mol. The maximum atomic E-state index is 5.67. The van der Waals surface area contributed by atoms with Crippen LogP contribution in [-0.4, -0.2) is 26.3 Å². The first-order valence-electron chi connectivity index (χ1n) is 5.50. The van der Waals surface area contributed by atoms with Crippen LogP contribution in [0.1, 0.15) is 33.1 Å². The largest absolute Gasteiger partial charge is 0.378 e. The molecule has 1 N–H and O–H groups in total. The van der Waals surface area contributed by atoms with Crippen molar-refractivity contribution in [3.05, 3.63) is 0 Å². The van der Waals surface area contributed by atoms with Gasteiger partial charge in [0.2, 0.25) is 0 Å². The summed E-state index contributed by atoms with van der Waals surface area (Å²) < 4.78 is 5.67. The quantitative estimate of drug-likeness (QED) is 0.708. The van der Waals surface area contributed by atoms with Gasteiger partial charge in [-0.1, -0.05) is 6.42 Å². The molecular formula is C11H23NO. The highest BCUT2D eigenvalue weighted by Gasteiger charge is 2.26. The number of hydrogen-bond acceptors (Lipinski definition) is 2. The lowest BCUT2D eigenvalue weighted by molar-refractivity contribution is 0.0414. The molecule has 1 aliphatic rings. The Kier molecular flexibility index (Phi) is 4.74. The minimum atomic E-state index is 0.385. The number of hydrogen-bond donors (Lipinski definition) is 1. The van der Waals surface area contributed by atoms with E-state index < -0.39 is 0 Å². The van der Waals surface area contributed by atoms with Crippen molar-refractivity contribution >= 4 is 0 Å². The van der Waals surface area contributed by atoms with Gasteiger partial charge in [-0.25, -0.2) is 0 Å². The first kappa shape index (κ1) is 11.0. The first-order valence-corrected chi connectivity index (χ1v) is 5.50. The lowest BCUT2D eigenvalue weighted by Gasteiger charge is -2.20. The summed E-state index contributed by atoms with van der Waals surface area (Å²) in [6, 6.07) is 0. The van der Waals surface area contributed by atoms with Gasteiger partial charge < -0.3 is 10.1 Å². The molecule has 0 aromatic carbocycles. The van der Waals surface area contributed by atoms with Gasteiger partial charge in [-0.15, -0.1) is 0 Å². The van der Waals surface area contributed by atoms with E-state index in [-0.39, 0.29) is 0 Å². The fourth-order valence-electron chi connectivity index (χ4n) is 2.18. The van der Waals surface area contributed by atoms with Crippen molar-refractivity contribution in [2.24, 2.45) is 11.8 Å². The Labute approximate surface area is 82.0 Å². The van der Waals surface area contributed by atoms with Gasteiger partial charge in [-0.2, -0.15) is 0 Å². The molecule has 0 spiro atoms. The lowest BCUT2D eigenvalue weighted by atomic mass is 9.97. The van der Waals surface area contributed by atoms with E-state index >= 15 is 0 Å². The van der Waals surface area contributed by atoms with E-state index in [1.54, 1.807) is 0 Å². The van der Waals surface area contributed by atoms with Crippen molar-refractivity contribution in [1.29, 1.82) is 0 Å². The predicted octanol–water partition coefficient (Wildman–Crippen LogP) is 2.05. The molecule has 0 aromatic rings. The Morgan fingerprint density at radius 3 is 2.62 bits per heavy atom. The molecular weight excluding hydrogens is 162 g/mol. The van der Waals surface area contributed by atoms with Crippen LogP contribution in [0.2, 0.25) is 0 Å². The average Bonchev–Trinajstić information content (AvgIpc) is 2.49. The van der Waals surface area contributed by atoms with E-state index in [1.165, 1.54) is 19.3 Å². The standard InChI is InChI=1S/C11H23NO/c1-9(2)13-8-11-6-4-5-10(11)7-12-3/h9-12H,4-8H2,1-3H3. The second-order valence-electron chi connectivity index (χ2n) is 4.39. The van der Waals surface area contributed by atoms with E-state index in [0.29, 0.717) is 6.10 Å². The van der Waals surface area contributed by atoms with Crippen LogP contribution in [0.25, 0.3) is 0 Å². The summed E-state index contributed by atoms with van der Waals surface area (Å²) in [6.45, 7) is 6.35. The fourth-order valence-corrected chi connectivity index (χ4v) is 2.18. The van der Waals surface area contributed by atoms with Crippen molar-refractivity contribution in [3.63, 3.8) is 0 Å². The van der Waals surface area contributed by atoms with Gasteiger partial charge in [-0.3, -0.25) is 0 Å². The SMILES string of the molecule is CNCC1CCCC1COC(C)C. The van der Waals surface area contributed by atoms with Gasteiger partial charge in [0.1, 0.15) is 0 Å². The molecule has 78 valence electrons. The van der Waals surface area contributed by atoms with Gasteiger partial charge in [0.05, 0.1) is 12.7 Å². The van der Waals surface area contributed by atoms with Crippen LogP contribution in [0.15, 0.2) is 0 Å². The maximum absolute atomic E-state index is 5.67. The zero-order chi connectivity index (χ0) is 9.68. The van der Waals surface area contributed by atoms with Gasteiger partial charge in [0.25, 0.3) is 0 Å². The van der Waals surface area contributed by atoms with Crippen LogP contribution in [0.4, 0.5) is 0 Å². The van der Waals surface area contributed by atoms with E-state index in [1.807, 2.05) is 7.05 Å². The van der Waals surface area contributed by atoms with Crippen molar-refractivity contribution in [1.82, 2.24) is 5.32 Å². The Morgan fingerprint density at radius 1 is 1.31 bits per heavy atom. The molecule has 0 heterocycles. The molecule has 1 fully saturated rings. The Hall–Kier alpha value is -0.0800. The summed E-state index contributed by atoms with van der Waals surface area (Å²) in [5, 5.41) is 3.27. The molecule has 2 heteroatoms. The molecule has 2 atom stereocenters. The molecule has 2 unspecified atom stereocenters. The van der Waals surface area contributed by atoms with Crippen LogP contribution in [0.5, 0.6) is 0 Å². The molecule has 0 bridgehead atoms. The highest BCUT2D eigenvalue weighted by Crippen LogP contribution is 2.31. The number of nitrogens with one attached hydrogen (secondary N) is 1. The fraction of sp³-hybridized carbons (Fsp3) is 1.00.